The monoisotopic (exact) mass is 240 g/mol. The van der Waals surface area contributed by atoms with Crippen LogP contribution in [-0.2, 0) is 4.74 Å². The van der Waals surface area contributed by atoms with E-state index in [1.54, 1.807) is 0 Å². The van der Waals surface area contributed by atoms with Crippen molar-refractivity contribution in [1.82, 2.24) is 4.98 Å². The lowest BCUT2D eigenvalue weighted by Crippen LogP contribution is -2.19. The number of carbonyl (C=O) groups is 2. The Morgan fingerprint density at radius 3 is 2.76 bits per heavy atom. The van der Waals surface area contributed by atoms with E-state index in [9.17, 15) is 9.59 Å². The first-order chi connectivity index (χ1) is 8.00. The molecule has 0 unspecified atom stereocenters. The molecule has 1 rings (SSSR count). The third-order valence-electron chi connectivity index (χ3n) is 1.80. The van der Waals surface area contributed by atoms with E-state index in [-0.39, 0.29) is 24.4 Å². The van der Waals surface area contributed by atoms with Gasteiger partial charge in [0.15, 0.2) is 0 Å². The summed E-state index contributed by atoms with van der Waals surface area (Å²) >= 11 is 0. The fourth-order valence-electron chi connectivity index (χ4n) is 1.07. The van der Waals surface area contributed by atoms with Gasteiger partial charge in [0.1, 0.15) is 12.4 Å². The average Bonchev–Trinajstić information content (AvgIpc) is 2.25. The van der Waals surface area contributed by atoms with Crippen LogP contribution in [0.25, 0.3) is 0 Å². The van der Waals surface area contributed by atoms with Crippen LogP contribution in [0.3, 0.4) is 0 Å². The normalized spacial score (nSPS) is 9.65. The topological polar surface area (TPSA) is 141 Å². The van der Waals surface area contributed by atoms with Gasteiger partial charge in [-0.3, -0.25) is 0 Å². The molecule has 92 valence electrons. The number of nitrogen functional groups attached to an aromatic ring is 1. The van der Waals surface area contributed by atoms with E-state index in [4.69, 9.17) is 16.6 Å². The van der Waals surface area contributed by atoms with E-state index in [0.29, 0.717) is 5.82 Å². The Bertz CT molecular complexity index is 435. The van der Waals surface area contributed by atoms with E-state index >= 15 is 0 Å². The maximum atomic E-state index is 10.6. The SMILES string of the molecule is NC(=O)OCCNc1ncc(C(=O)O)cc1N. The molecule has 0 saturated heterocycles. The van der Waals surface area contributed by atoms with Gasteiger partial charge in [-0.2, -0.15) is 0 Å². The highest BCUT2D eigenvalue weighted by Crippen LogP contribution is 2.15. The number of nitrogens with one attached hydrogen (secondary N) is 1. The standard InChI is InChI=1S/C9H12N4O4/c10-6-3-5(8(14)15)4-13-7(6)12-1-2-17-9(11)16/h3-4H,1-2,10H2,(H2,11,16)(H,12,13)(H,14,15). The highest BCUT2D eigenvalue weighted by Gasteiger charge is 2.07. The minimum Gasteiger partial charge on any atom is -0.478 e. The van der Waals surface area contributed by atoms with Gasteiger partial charge in [-0.15, -0.1) is 0 Å². The van der Waals surface area contributed by atoms with Gasteiger partial charge in [0, 0.05) is 6.20 Å². The fourth-order valence-corrected chi connectivity index (χ4v) is 1.07. The van der Waals surface area contributed by atoms with Gasteiger partial charge in [-0.1, -0.05) is 0 Å². The summed E-state index contributed by atoms with van der Waals surface area (Å²) in [6.45, 7) is 0.337. The first-order valence-electron chi connectivity index (χ1n) is 4.65. The number of rotatable bonds is 5. The minimum atomic E-state index is -1.10. The zero-order valence-corrected chi connectivity index (χ0v) is 8.84. The van der Waals surface area contributed by atoms with E-state index in [2.05, 4.69) is 15.0 Å². The molecule has 1 aromatic heterocycles. The van der Waals surface area contributed by atoms with Crippen LogP contribution in [0.5, 0.6) is 0 Å². The van der Waals surface area contributed by atoms with Crippen molar-refractivity contribution in [3.8, 4) is 0 Å². The number of nitrogens with two attached hydrogens (primary N) is 2. The Balaban J connectivity index is 2.54. The molecule has 1 aromatic rings. The third kappa shape index (κ3) is 3.86. The van der Waals surface area contributed by atoms with Crippen molar-refractivity contribution in [2.24, 2.45) is 5.73 Å². The maximum absolute atomic E-state index is 10.6. The van der Waals surface area contributed by atoms with Crippen LogP contribution in [-0.4, -0.2) is 35.3 Å². The molecular weight excluding hydrogens is 228 g/mol. The second kappa shape index (κ2) is 5.54. The smallest absolute Gasteiger partial charge is 0.404 e. The molecule has 0 radical (unpaired) electrons. The summed E-state index contributed by atoms with van der Waals surface area (Å²) < 4.78 is 4.48. The van der Waals surface area contributed by atoms with Crippen molar-refractivity contribution in [2.75, 3.05) is 24.2 Å². The Kier molecular flexibility index (Phi) is 4.09. The van der Waals surface area contributed by atoms with Crippen molar-refractivity contribution in [2.45, 2.75) is 0 Å². The number of primary amides is 1. The Morgan fingerprint density at radius 2 is 2.24 bits per heavy atom. The van der Waals surface area contributed by atoms with Crippen molar-refractivity contribution in [3.05, 3.63) is 17.8 Å². The summed E-state index contributed by atoms with van der Waals surface area (Å²) in [7, 11) is 0. The summed E-state index contributed by atoms with van der Waals surface area (Å²) in [6.07, 6.45) is 0.310. The zero-order valence-electron chi connectivity index (χ0n) is 8.84. The predicted octanol–water partition coefficient (Wildman–Crippen LogP) is -0.131. The lowest BCUT2D eigenvalue weighted by Gasteiger charge is -2.08. The summed E-state index contributed by atoms with van der Waals surface area (Å²) in [5.41, 5.74) is 10.5. The van der Waals surface area contributed by atoms with Crippen LogP contribution in [0.15, 0.2) is 12.3 Å². The summed E-state index contributed by atoms with van der Waals surface area (Å²) in [6, 6.07) is 1.28. The quantitative estimate of drug-likeness (QED) is 0.525. The average molecular weight is 240 g/mol. The largest absolute Gasteiger partial charge is 0.478 e. The van der Waals surface area contributed by atoms with E-state index in [1.165, 1.54) is 12.3 Å². The minimum absolute atomic E-state index is 0.00133. The van der Waals surface area contributed by atoms with Crippen LogP contribution >= 0.6 is 0 Å². The summed E-state index contributed by atoms with van der Waals surface area (Å²) in [5.74, 6) is -0.782. The van der Waals surface area contributed by atoms with Gasteiger partial charge in [0.2, 0.25) is 0 Å². The van der Waals surface area contributed by atoms with Gasteiger partial charge in [0.25, 0.3) is 0 Å². The molecule has 1 amide bonds. The third-order valence-corrected chi connectivity index (χ3v) is 1.80. The zero-order chi connectivity index (χ0) is 12.8. The number of amides is 1. The Hall–Kier alpha value is -2.51. The molecule has 1 heterocycles. The number of aromatic carboxylic acids is 1. The lowest BCUT2D eigenvalue weighted by atomic mass is 10.2. The Morgan fingerprint density at radius 1 is 1.53 bits per heavy atom. The number of pyridine rings is 1. The maximum Gasteiger partial charge on any atom is 0.404 e. The number of carbonyl (C=O) groups excluding carboxylic acids is 1. The molecule has 0 aliphatic carbocycles. The van der Waals surface area contributed by atoms with Gasteiger partial charge >= 0.3 is 12.1 Å². The number of aromatic nitrogens is 1. The molecule has 0 aromatic carbocycles. The highest BCUT2D eigenvalue weighted by atomic mass is 16.5. The van der Waals surface area contributed by atoms with Crippen LogP contribution in [0.4, 0.5) is 16.3 Å². The molecule has 8 heteroatoms. The molecule has 0 aliphatic heterocycles. The number of carboxylic acids is 1. The molecule has 17 heavy (non-hydrogen) atoms. The summed E-state index contributed by atoms with van der Waals surface area (Å²) in [5, 5.41) is 11.5. The molecule has 0 aliphatic rings. The van der Waals surface area contributed by atoms with Crippen molar-refractivity contribution in [3.63, 3.8) is 0 Å². The second-order valence-corrected chi connectivity index (χ2v) is 3.06. The van der Waals surface area contributed by atoms with Crippen molar-refractivity contribution in [1.29, 1.82) is 0 Å². The Labute approximate surface area is 96.6 Å². The number of anilines is 2. The molecule has 8 nitrogen and oxygen atoms in total. The molecule has 0 spiro atoms. The number of nitrogens with zero attached hydrogens (tertiary/aromatic N) is 1. The van der Waals surface area contributed by atoms with Crippen molar-refractivity contribution >= 4 is 23.6 Å². The molecule has 0 fully saturated rings. The molecule has 0 atom stereocenters. The first-order valence-corrected chi connectivity index (χ1v) is 4.65. The number of carboxylic acid groups (broad SMARTS) is 1. The van der Waals surface area contributed by atoms with Crippen LogP contribution < -0.4 is 16.8 Å². The van der Waals surface area contributed by atoms with Gasteiger partial charge in [-0.05, 0) is 6.07 Å². The van der Waals surface area contributed by atoms with Crippen molar-refractivity contribution < 1.29 is 19.4 Å². The number of hydrogen-bond donors (Lipinski definition) is 4. The second-order valence-electron chi connectivity index (χ2n) is 3.06. The summed E-state index contributed by atoms with van der Waals surface area (Å²) in [4.78, 5) is 24.7. The van der Waals surface area contributed by atoms with Crippen LogP contribution in [0, 0.1) is 0 Å². The fraction of sp³-hybridized carbons (Fsp3) is 0.222. The van der Waals surface area contributed by atoms with Gasteiger partial charge < -0.3 is 26.6 Å². The predicted molar refractivity (Wildman–Crippen MR) is 59.6 cm³/mol. The molecule has 6 N–H and O–H groups in total. The first kappa shape index (κ1) is 12.6. The van der Waals surface area contributed by atoms with Crippen LogP contribution in [0.1, 0.15) is 10.4 Å². The molecular formula is C9H12N4O4. The van der Waals surface area contributed by atoms with E-state index in [1.807, 2.05) is 0 Å². The molecule has 0 saturated carbocycles. The van der Waals surface area contributed by atoms with E-state index in [0.717, 1.165) is 0 Å². The molecule has 0 bridgehead atoms. The number of ether oxygens (including phenoxy) is 1. The van der Waals surface area contributed by atoms with Gasteiger partial charge in [0.05, 0.1) is 17.8 Å². The van der Waals surface area contributed by atoms with Crippen LogP contribution in [0.2, 0.25) is 0 Å². The van der Waals surface area contributed by atoms with E-state index < -0.39 is 12.1 Å². The van der Waals surface area contributed by atoms with Gasteiger partial charge in [-0.25, -0.2) is 14.6 Å². The number of hydrogen-bond acceptors (Lipinski definition) is 6. The highest BCUT2D eigenvalue weighted by molar-refractivity contribution is 5.89. The lowest BCUT2D eigenvalue weighted by molar-refractivity contribution is 0.0696.